The van der Waals surface area contributed by atoms with Crippen LogP contribution in [0.4, 0.5) is 8.78 Å². The predicted molar refractivity (Wildman–Crippen MR) is 147 cm³/mol. The Morgan fingerprint density at radius 1 is 0.667 bits per heavy atom. The van der Waals surface area contributed by atoms with Gasteiger partial charge in [-0.1, -0.05) is 71.6 Å². The van der Waals surface area contributed by atoms with Crippen molar-refractivity contribution < 1.29 is 13.5 Å². The number of halogens is 2. The number of nitrogens with zero attached hydrogens (tertiary/aromatic N) is 2. The lowest BCUT2D eigenvalue weighted by Crippen LogP contribution is -2.09. The third kappa shape index (κ3) is 13.3. The van der Waals surface area contributed by atoms with Gasteiger partial charge in [0, 0.05) is 24.4 Å². The molecule has 3 nitrogen and oxygen atoms in total. The molecule has 0 aliphatic heterocycles. The maximum Gasteiger partial charge on any atom is 0.159 e. The zero-order chi connectivity index (χ0) is 25.8. The highest BCUT2D eigenvalue weighted by atomic mass is 19.1. The first-order valence-corrected chi connectivity index (χ1v) is 14.4. The first-order chi connectivity index (χ1) is 17.6. The highest BCUT2D eigenvalue weighted by Gasteiger charge is 2.11. The summed E-state index contributed by atoms with van der Waals surface area (Å²) >= 11 is 0. The summed E-state index contributed by atoms with van der Waals surface area (Å²) in [6, 6.07) is 7.63. The van der Waals surface area contributed by atoms with Crippen LogP contribution in [0.15, 0.2) is 36.7 Å². The molecule has 0 saturated heterocycles. The molecule has 36 heavy (non-hydrogen) atoms. The van der Waals surface area contributed by atoms with Crippen LogP contribution in [0.1, 0.15) is 116 Å². The van der Waals surface area contributed by atoms with Crippen molar-refractivity contribution in [2.45, 2.75) is 129 Å². The SMILES string of the molecule is CCCCCCCCCCc1cnc(-c2ccc(OCCC(F)CCCC(F)CCCC)cc2)nc1. The van der Waals surface area contributed by atoms with Crippen LogP contribution in [0.3, 0.4) is 0 Å². The largest absolute Gasteiger partial charge is 0.493 e. The van der Waals surface area contributed by atoms with Crippen molar-refractivity contribution in [1.82, 2.24) is 9.97 Å². The second-order valence-electron chi connectivity index (χ2n) is 10.1. The molecule has 0 fully saturated rings. The van der Waals surface area contributed by atoms with Crippen LogP contribution in [-0.4, -0.2) is 28.9 Å². The second kappa shape index (κ2) is 19.1. The van der Waals surface area contributed by atoms with E-state index in [0.29, 0.717) is 50.3 Å². The van der Waals surface area contributed by atoms with Crippen LogP contribution in [0.2, 0.25) is 0 Å². The molecule has 0 radical (unpaired) electrons. The van der Waals surface area contributed by atoms with Crippen molar-refractivity contribution in [2.24, 2.45) is 0 Å². The number of aryl methyl sites for hydroxylation is 1. The number of hydrogen-bond donors (Lipinski definition) is 0. The van der Waals surface area contributed by atoms with Crippen LogP contribution < -0.4 is 4.74 Å². The fourth-order valence-electron chi connectivity index (χ4n) is 4.38. The molecule has 0 aliphatic rings. The van der Waals surface area contributed by atoms with E-state index in [1.807, 2.05) is 36.7 Å². The third-order valence-corrected chi connectivity index (χ3v) is 6.74. The van der Waals surface area contributed by atoms with Gasteiger partial charge in [-0.25, -0.2) is 18.7 Å². The minimum atomic E-state index is -0.944. The zero-order valence-electron chi connectivity index (χ0n) is 22.7. The van der Waals surface area contributed by atoms with Gasteiger partial charge in [0.1, 0.15) is 18.1 Å². The monoisotopic (exact) mass is 502 g/mol. The first kappa shape index (κ1) is 30.2. The average Bonchev–Trinajstić information content (AvgIpc) is 2.90. The second-order valence-corrected chi connectivity index (χ2v) is 10.1. The summed E-state index contributed by atoms with van der Waals surface area (Å²) in [7, 11) is 0. The molecule has 0 aliphatic carbocycles. The smallest absolute Gasteiger partial charge is 0.159 e. The van der Waals surface area contributed by atoms with E-state index >= 15 is 0 Å². The summed E-state index contributed by atoms with van der Waals surface area (Å²) in [6.45, 7) is 4.63. The lowest BCUT2D eigenvalue weighted by atomic mass is 10.0. The quantitative estimate of drug-likeness (QED) is 0.159. The van der Waals surface area contributed by atoms with E-state index in [1.165, 1.54) is 56.9 Å². The van der Waals surface area contributed by atoms with Crippen molar-refractivity contribution >= 4 is 0 Å². The Kier molecular flexibility index (Phi) is 16.0. The lowest BCUT2D eigenvalue weighted by Gasteiger charge is -2.11. The topological polar surface area (TPSA) is 35.0 Å². The molecular formula is C31H48F2N2O. The molecule has 2 aromatic rings. The van der Waals surface area contributed by atoms with Gasteiger partial charge in [0.05, 0.1) is 6.61 Å². The first-order valence-electron chi connectivity index (χ1n) is 14.4. The lowest BCUT2D eigenvalue weighted by molar-refractivity contribution is 0.213. The number of unbranched alkanes of at least 4 members (excludes halogenated alkanes) is 8. The molecule has 2 rings (SSSR count). The van der Waals surface area contributed by atoms with Crippen LogP contribution in [0, 0.1) is 0 Å². The molecule has 0 amide bonds. The molecule has 0 N–H and O–H groups in total. The predicted octanol–water partition coefficient (Wildman–Crippen LogP) is 9.63. The molecule has 5 heteroatoms. The van der Waals surface area contributed by atoms with Crippen LogP contribution >= 0.6 is 0 Å². The van der Waals surface area contributed by atoms with E-state index in [4.69, 9.17) is 4.74 Å². The Morgan fingerprint density at radius 3 is 1.86 bits per heavy atom. The number of ether oxygens (including phenoxy) is 1. The van der Waals surface area contributed by atoms with E-state index in [-0.39, 0.29) is 0 Å². The molecule has 0 bridgehead atoms. The van der Waals surface area contributed by atoms with E-state index < -0.39 is 12.3 Å². The van der Waals surface area contributed by atoms with Gasteiger partial charge in [-0.3, -0.25) is 0 Å². The van der Waals surface area contributed by atoms with Crippen molar-refractivity contribution in [2.75, 3.05) is 6.61 Å². The number of rotatable bonds is 21. The Bertz CT molecular complexity index is 782. The summed E-state index contributed by atoms with van der Waals surface area (Å²) in [5.74, 6) is 1.41. The van der Waals surface area contributed by atoms with E-state index in [9.17, 15) is 8.78 Å². The molecular weight excluding hydrogens is 454 g/mol. The summed E-state index contributed by atoms with van der Waals surface area (Å²) < 4.78 is 33.4. The molecule has 2 unspecified atom stereocenters. The van der Waals surface area contributed by atoms with Crippen molar-refractivity contribution in [3.8, 4) is 17.1 Å². The fourth-order valence-corrected chi connectivity index (χ4v) is 4.38. The maximum absolute atomic E-state index is 14.1. The molecule has 1 aromatic carbocycles. The summed E-state index contributed by atoms with van der Waals surface area (Å²) in [5.41, 5.74) is 2.13. The van der Waals surface area contributed by atoms with Crippen LogP contribution in [-0.2, 0) is 6.42 Å². The molecule has 1 aromatic heterocycles. The van der Waals surface area contributed by atoms with Crippen molar-refractivity contribution in [3.05, 3.63) is 42.2 Å². The highest BCUT2D eigenvalue weighted by molar-refractivity contribution is 5.55. The van der Waals surface area contributed by atoms with Gasteiger partial charge in [-0.15, -0.1) is 0 Å². The fraction of sp³-hybridized carbons (Fsp3) is 0.677. The molecule has 2 atom stereocenters. The normalized spacial score (nSPS) is 13.0. The number of aromatic nitrogens is 2. The Balaban J connectivity index is 1.61. The average molecular weight is 503 g/mol. The Hall–Kier alpha value is -2.04. The van der Waals surface area contributed by atoms with Gasteiger partial charge in [-0.05, 0) is 68.4 Å². The Morgan fingerprint density at radius 2 is 1.22 bits per heavy atom. The number of benzene rings is 1. The van der Waals surface area contributed by atoms with Crippen molar-refractivity contribution in [1.29, 1.82) is 0 Å². The van der Waals surface area contributed by atoms with E-state index in [1.54, 1.807) is 0 Å². The van der Waals surface area contributed by atoms with E-state index in [2.05, 4.69) is 23.8 Å². The molecule has 0 spiro atoms. The van der Waals surface area contributed by atoms with Gasteiger partial charge in [0.2, 0.25) is 0 Å². The van der Waals surface area contributed by atoms with Gasteiger partial charge in [-0.2, -0.15) is 0 Å². The standard InChI is InChI=1S/C31H48F2N2O/c1-3-5-7-8-9-10-11-12-14-26-24-34-31(35-25-26)27-18-20-30(21-19-27)36-23-22-29(33)17-13-16-28(32)15-6-4-2/h18-21,24-25,28-29H,3-17,22-23H2,1-2H3. The van der Waals surface area contributed by atoms with Crippen molar-refractivity contribution in [3.63, 3.8) is 0 Å². The van der Waals surface area contributed by atoms with Gasteiger partial charge in [0.15, 0.2) is 5.82 Å². The van der Waals surface area contributed by atoms with Crippen LogP contribution in [0.25, 0.3) is 11.4 Å². The highest BCUT2D eigenvalue weighted by Crippen LogP contribution is 2.21. The van der Waals surface area contributed by atoms with Gasteiger partial charge in [0.25, 0.3) is 0 Å². The molecule has 202 valence electrons. The zero-order valence-corrected chi connectivity index (χ0v) is 22.7. The summed E-state index contributed by atoms with van der Waals surface area (Å²) in [6.07, 6.45) is 18.0. The summed E-state index contributed by atoms with van der Waals surface area (Å²) in [4.78, 5) is 9.08. The molecule has 0 saturated carbocycles. The maximum atomic E-state index is 14.1. The Labute approximate surface area is 218 Å². The van der Waals surface area contributed by atoms with Crippen LogP contribution in [0.5, 0.6) is 5.75 Å². The summed E-state index contributed by atoms with van der Waals surface area (Å²) in [5, 5.41) is 0. The van der Waals surface area contributed by atoms with Gasteiger partial charge < -0.3 is 4.74 Å². The number of hydrogen-bond acceptors (Lipinski definition) is 3. The molecule has 1 heterocycles. The third-order valence-electron chi connectivity index (χ3n) is 6.74. The van der Waals surface area contributed by atoms with E-state index in [0.717, 1.165) is 24.8 Å². The minimum Gasteiger partial charge on any atom is -0.493 e. The minimum absolute atomic E-state index is 0.319. The number of alkyl halides is 2. The van der Waals surface area contributed by atoms with Gasteiger partial charge >= 0.3 is 0 Å².